The minimum atomic E-state index is -3.92. The number of aliphatic hydroxyl groups excluding tert-OH is 1. The summed E-state index contributed by atoms with van der Waals surface area (Å²) in [6, 6.07) is -0.459. The van der Waals surface area contributed by atoms with Gasteiger partial charge in [0.15, 0.2) is 0 Å². The van der Waals surface area contributed by atoms with Crippen LogP contribution in [0.25, 0.3) is 0 Å². The maximum absolute atomic E-state index is 11.8. The summed E-state index contributed by atoms with van der Waals surface area (Å²) in [5.41, 5.74) is 0. The molecule has 0 radical (unpaired) electrons. The van der Waals surface area contributed by atoms with Crippen molar-refractivity contribution >= 4 is 16.3 Å². The van der Waals surface area contributed by atoms with E-state index in [-0.39, 0.29) is 6.61 Å². The van der Waals surface area contributed by atoms with Crippen molar-refractivity contribution in [3.8, 4) is 0 Å². The standard InChI is InChI=1S/C9H18N2O5S/c1-7(2)16-9(13)10-17(14,15)11-5-3-4-8(11)6-12/h7-8,12H,3-6H2,1-2H3,(H,10,13)/t8-/m0/s1. The molecule has 1 aliphatic rings. The van der Waals surface area contributed by atoms with Gasteiger partial charge >= 0.3 is 16.3 Å². The summed E-state index contributed by atoms with van der Waals surface area (Å²) < 4.78 is 31.2. The van der Waals surface area contributed by atoms with E-state index >= 15 is 0 Å². The monoisotopic (exact) mass is 266 g/mol. The van der Waals surface area contributed by atoms with Crippen LogP contribution in [-0.2, 0) is 14.9 Å². The number of carbonyl (C=O) groups is 1. The number of nitrogens with one attached hydrogen (secondary N) is 1. The van der Waals surface area contributed by atoms with Gasteiger partial charge in [-0.2, -0.15) is 12.7 Å². The van der Waals surface area contributed by atoms with Crippen LogP contribution in [-0.4, -0.2) is 49.2 Å². The van der Waals surface area contributed by atoms with Gasteiger partial charge in [-0.3, -0.25) is 0 Å². The first-order valence-corrected chi connectivity index (χ1v) is 6.92. The molecule has 1 heterocycles. The molecule has 0 aromatic carbocycles. The third-order valence-corrected chi connectivity index (χ3v) is 3.92. The van der Waals surface area contributed by atoms with Crippen LogP contribution in [0.15, 0.2) is 0 Å². The number of hydrogen-bond acceptors (Lipinski definition) is 5. The van der Waals surface area contributed by atoms with Crippen molar-refractivity contribution < 1.29 is 23.1 Å². The molecule has 1 fully saturated rings. The maximum atomic E-state index is 11.8. The normalized spacial score (nSPS) is 21.8. The molecule has 0 aromatic rings. The Morgan fingerprint density at radius 1 is 1.59 bits per heavy atom. The average Bonchev–Trinajstić information content (AvgIpc) is 2.62. The number of hydrogen-bond donors (Lipinski definition) is 2. The van der Waals surface area contributed by atoms with Crippen molar-refractivity contribution in [3.05, 3.63) is 0 Å². The molecule has 1 aliphatic heterocycles. The van der Waals surface area contributed by atoms with Crippen molar-refractivity contribution in [1.82, 2.24) is 9.03 Å². The predicted molar refractivity (Wildman–Crippen MR) is 60.5 cm³/mol. The lowest BCUT2D eigenvalue weighted by Crippen LogP contribution is -2.47. The highest BCUT2D eigenvalue weighted by Crippen LogP contribution is 2.19. The van der Waals surface area contributed by atoms with Crippen LogP contribution in [0, 0.1) is 0 Å². The van der Waals surface area contributed by atoms with Crippen molar-refractivity contribution in [3.63, 3.8) is 0 Å². The van der Waals surface area contributed by atoms with Gasteiger partial charge in [-0.15, -0.1) is 0 Å². The molecule has 7 nitrogen and oxygen atoms in total. The Morgan fingerprint density at radius 3 is 2.76 bits per heavy atom. The third kappa shape index (κ3) is 3.83. The minimum Gasteiger partial charge on any atom is -0.446 e. The fraction of sp³-hybridized carbons (Fsp3) is 0.889. The van der Waals surface area contributed by atoms with Gasteiger partial charge in [0.2, 0.25) is 0 Å². The van der Waals surface area contributed by atoms with E-state index in [1.54, 1.807) is 13.8 Å². The van der Waals surface area contributed by atoms with Gasteiger partial charge in [-0.05, 0) is 26.7 Å². The molecular weight excluding hydrogens is 248 g/mol. The summed E-state index contributed by atoms with van der Waals surface area (Å²) in [5, 5.41) is 9.03. The molecule has 1 saturated heterocycles. The van der Waals surface area contributed by atoms with E-state index in [1.807, 2.05) is 4.72 Å². The molecule has 0 spiro atoms. The Hall–Kier alpha value is -0.860. The molecule has 0 bridgehead atoms. The van der Waals surface area contributed by atoms with E-state index in [4.69, 9.17) is 9.84 Å². The van der Waals surface area contributed by atoms with Gasteiger partial charge in [-0.25, -0.2) is 9.52 Å². The Balaban J connectivity index is 2.65. The van der Waals surface area contributed by atoms with Gasteiger partial charge < -0.3 is 9.84 Å². The smallest absolute Gasteiger partial charge is 0.422 e. The molecule has 8 heteroatoms. The van der Waals surface area contributed by atoms with Crippen LogP contribution in [0.3, 0.4) is 0 Å². The highest BCUT2D eigenvalue weighted by molar-refractivity contribution is 7.87. The summed E-state index contributed by atoms with van der Waals surface area (Å²) in [7, 11) is -3.92. The summed E-state index contributed by atoms with van der Waals surface area (Å²) in [5.74, 6) is 0. The fourth-order valence-corrected chi connectivity index (χ4v) is 3.02. The zero-order valence-corrected chi connectivity index (χ0v) is 10.7. The number of carbonyl (C=O) groups excluding carboxylic acids is 1. The SMILES string of the molecule is CC(C)OC(=O)NS(=O)(=O)N1CCC[C@H]1CO. The minimum absolute atomic E-state index is 0.250. The number of amides is 1. The lowest BCUT2D eigenvalue weighted by atomic mass is 10.2. The summed E-state index contributed by atoms with van der Waals surface area (Å²) in [4.78, 5) is 11.2. The molecule has 2 N–H and O–H groups in total. The van der Waals surface area contributed by atoms with Crippen molar-refractivity contribution in [2.75, 3.05) is 13.2 Å². The number of rotatable bonds is 4. The van der Waals surface area contributed by atoms with Gasteiger partial charge in [0.1, 0.15) is 0 Å². The lowest BCUT2D eigenvalue weighted by Gasteiger charge is -2.22. The first kappa shape index (κ1) is 14.2. The summed E-state index contributed by atoms with van der Waals surface area (Å²) in [6.45, 7) is 3.30. The predicted octanol–water partition coefficient (Wildman–Crippen LogP) is -0.178. The van der Waals surface area contributed by atoms with Crippen LogP contribution in [0.4, 0.5) is 4.79 Å². The zero-order valence-electron chi connectivity index (χ0n) is 9.92. The molecule has 100 valence electrons. The second-order valence-corrected chi connectivity index (χ2v) is 5.77. The van der Waals surface area contributed by atoms with Gasteiger partial charge in [-0.1, -0.05) is 0 Å². The third-order valence-electron chi connectivity index (χ3n) is 2.40. The van der Waals surface area contributed by atoms with Crippen LogP contribution < -0.4 is 4.72 Å². The Morgan fingerprint density at radius 2 is 2.24 bits per heavy atom. The van der Waals surface area contributed by atoms with Gasteiger partial charge in [0.05, 0.1) is 12.7 Å². The molecular formula is C9H18N2O5S. The van der Waals surface area contributed by atoms with Gasteiger partial charge in [0.25, 0.3) is 0 Å². The first-order chi connectivity index (χ1) is 7.86. The lowest BCUT2D eigenvalue weighted by molar-refractivity contribution is 0.120. The highest BCUT2D eigenvalue weighted by Gasteiger charge is 2.35. The van der Waals surface area contributed by atoms with E-state index in [2.05, 4.69) is 0 Å². The van der Waals surface area contributed by atoms with Crippen LogP contribution in [0.5, 0.6) is 0 Å². The summed E-state index contributed by atoms with van der Waals surface area (Å²) in [6.07, 6.45) is -0.122. The van der Waals surface area contributed by atoms with Crippen molar-refractivity contribution in [2.24, 2.45) is 0 Å². The molecule has 1 rings (SSSR count). The molecule has 1 atom stereocenters. The topological polar surface area (TPSA) is 95.9 Å². The Labute approximate surface area is 101 Å². The van der Waals surface area contributed by atoms with Gasteiger partial charge in [0, 0.05) is 12.6 Å². The number of aliphatic hydroxyl groups is 1. The van der Waals surface area contributed by atoms with E-state index < -0.39 is 28.4 Å². The first-order valence-electron chi connectivity index (χ1n) is 5.48. The zero-order chi connectivity index (χ0) is 13.1. The van der Waals surface area contributed by atoms with E-state index in [0.29, 0.717) is 19.4 Å². The summed E-state index contributed by atoms with van der Waals surface area (Å²) >= 11 is 0. The molecule has 0 saturated carbocycles. The van der Waals surface area contributed by atoms with Crippen LogP contribution >= 0.6 is 0 Å². The fourth-order valence-electron chi connectivity index (χ4n) is 1.71. The number of ether oxygens (including phenoxy) is 1. The van der Waals surface area contributed by atoms with E-state index in [0.717, 1.165) is 4.31 Å². The van der Waals surface area contributed by atoms with Crippen LogP contribution in [0.1, 0.15) is 26.7 Å². The second-order valence-electron chi connectivity index (χ2n) is 4.15. The molecule has 0 aliphatic carbocycles. The molecule has 0 unspecified atom stereocenters. The molecule has 1 amide bonds. The Kier molecular flexibility index (Phi) is 4.72. The van der Waals surface area contributed by atoms with Crippen LogP contribution in [0.2, 0.25) is 0 Å². The maximum Gasteiger partial charge on any atom is 0.422 e. The average molecular weight is 266 g/mol. The largest absolute Gasteiger partial charge is 0.446 e. The van der Waals surface area contributed by atoms with E-state index in [1.165, 1.54) is 0 Å². The quantitative estimate of drug-likeness (QED) is 0.736. The van der Waals surface area contributed by atoms with Crippen molar-refractivity contribution in [1.29, 1.82) is 0 Å². The second kappa shape index (κ2) is 5.65. The highest BCUT2D eigenvalue weighted by atomic mass is 32.2. The Bertz CT molecular complexity index is 368. The van der Waals surface area contributed by atoms with E-state index in [9.17, 15) is 13.2 Å². The molecule has 17 heavy (non-hydrogen) atoms. The number of nitrogens with zero attached hydrogens (tertiary/aromatic N) is 1. The molecule has 0 aromatic heterocycles. The van der Waals surface area contributed by atoms with Crippen molar-refractivity contribution in [2.45, 2.75) is 38.8 Å².